The monoisotopic (exact) mass is 308 g/mol. The highest BCUT2D eigenvalue weighted by Gasteiger charge is 2.11. The summed E-state index contributed by atoms with van der Waals surface area (Å²) in [4.78, 5) is 19.7. The van der Waals surface area contributed by atoms with Crippen LogP contribution < -0.4 is 0 Å². The van der Waals surface area contributed by atoms with Gasteiger partial charge in [-0.1, -0.05) is 0 Å². The molecule has 0 bridgehead atoms. The van der Waals surface area contributed by atoms with E-state index in [9.17, 15) is 9.18 Å². The minimum Gasteiger partial charge on any atom is -0.294 e. The number of carbonyl (C=O) groups excluding carboxylic acids is 1. The van der Waals surface area contributed by atoms with Gasteiger partial charge in [0.05, 0.1) is 11.3 Å². The Bertz CT molecular complexity index is 628. The van der Waals surface area contributed by atoms with Gasteiger partial charge in [-0.15, -0.1) is 0 Å². The van der Waals surface area contributed by atoms with Crippen LogP contribution in [0.3, 0.4) is 0 Å². The topological polar surface area (TPSA) is 42.9 Å². The Kier molecular flexibility index (Phi) is 3.52. The third-order valence-corrected chi connectivity index (χ3v) is 3.19. The van der Waals surface area contributed by atoms with Crippen LogP contribution in [0.2, 0.25) is 0 Å². The van der Waals surface area contributed by atoms with Gasteiger partial charge in [0, 0.05) is 16.2 Å². The number of ketones is 1. The molecule has 0 aliphatic rings. The summed E-state index contributed by atoms with van der Waals surface area (Å²) < 4.78 is 13.6. The maximum absolute atomic E-state index is 13.0. The highest BCUT2D eigenvalue weighted by molar-refractivity contribution is 9.10. The quantitative estimate of drug-likeness (QED) is 0.797. The number of hydrogen-bond acceptors (Lipinski definition) is 3. The summed E-state index contributed by atoms with van der Waals surface area (Å²) in [6, 6.07) is 4.30. The Balaban J connectivity index is 2.52. The van der Waals surface area contributed by atoms with Crippen molar-refractivity contribution >= 4 is 21.7 Å². The van der Waals surface area contributed by atoms with Crippen molar-refractivity contribution in [2.24, 2.45) is 0 Å². The van der Waals surface area contributed by atoms with Gasteiger partial charge in [-0.05, 0) is 48.0 Å². The number of rotatable bonds is 2. The van der Waals surface area contributed by atoms with Gasteiger partial charge in [0.15, 0.2) is 11.6 Å². The van der Waals surface area contributed by atoms with E-state index in [1.165, 1.54) is 25.3 Å². The molecule has 1 heterocycles. The van der Waals surface area contributed by atoms with E-state index in [1.54, 1.807) is 13.0 Å². The van der Waals surface area contributed by atoms with Crippen molar-refractivity contribution in [2.75, 3.05) is 0 Å². The van der Waals surface area contributed by atoms with Crippen LogP contribution in [-0.2, 0) is 0 Å². The summed E-state index contributed by atoms with van der Waals surface area (Å²) in [6.07, 6.45) is 1.50. The van der Waals surface area contributed by atoms with Crippen LogP contribution >= 0.6 is 15.9 Å². The van der Waals surface area contributed by atoms with E-state index < -0.39 is 0 Å². The number of nitrogens with zero attached hydrogens (tertiary/aromatic N) is 2. The summed E-state index contributed by atoms with van der Waals surface area (Å²) in [5.41, 5.74) is 1.80. The first-order valence-corrected chi connectivity index (χ1v) is 6.08. The minimum atomic E-state index is -0.331. The molecule has 0 spiro atoms. The summed E-state index contributed by atoms with van der Waals surface area (Å²) in [6.45, 7) is 3.22. The summed E-state index contributed by atoms with van der Waals surface area (Å²) in [7, 11) is 0. The van der Waals surface area contributed by atoms with E-state index in [-0.39, 0.29) is 11.6 Å². The van der Waals surface area contributed by atoms with Crippen molar-refractivity contribution in [3.63, 3.8) is 0 Å². The number of aromatic nitrogens is 2. The SMILES string of the molecule is CC(=O)c1cnc(-c2ccc(F)cc2Br)nc1C. The summed E-state index contributed by atoms with van der Waals surface area (Å²) in [5, 5.41) is 0. The number of hydrogen-bond donors (Lipinski definition) is 0. The molecule has 0 fully saturated rings. The predicted octanol–water partition coefficient (Wildman–Crippen LogP) is 3.56. The molecule has 0 saturated heterocycles. The lowest BCUT2D eigenvalue weighted by molar-refractivity contribution is 0.101. The van der Waals surface area contributed by atoms with E-state index in [2.05, 4.69) is 25.9 Å². The van der Waals surface area contributed by atoms with E-state index in [0.29, 0.717) is 27.1 Å². The Hall–Kier alpha value is -1.62. The lowest BCUT2D eigenvalue weighted by Crippen LogP contribution is -2.02. The van der Waals surface area contributed by atoms with Gasteiger partial charge in [0.1, 0.15) is 5.82 Å². The summed E-state index contributed by atoms with van der Waals surface area (Å²) in [5.74, 6) is 0.0595. The lowest BCUT2D eigenvalue weighted by atomic mass is 10.1. The van der Waals surface area contributed by atoms with Gasteiger partial charge in [-0.25, -0.2) is 14.4 Å². The molecule has 0 radical (unpaired) electrons. The highest BCUT2D eigenvalue weighted by atomic mass is 79.9. The van der Waals surface area contributed by atoms with Crippen molar-refractivity contribution in [1.29, 1.82) is 0 Å². The number of halogens is 2. The van der Waals surface area contributed by atoms with E-state index in [1.807, 2.05) is 0 Å². The van der Waals surface area contributed by atoms with Crippen LogP contribution in [0.4, 0.5) is 4.39 Å². The van der Waals surface area contributed by atoms with Crippen LogP contribution in [0.25, 0.3) is 11.4 Å². The normalized spacial score (nSPS) is 10.4. The van der Waals surface area contributed by atoms with Crippen LogP contribution in [0.5, 0.6) is 0 Å². The van der Waals surface area contributed by atoms with Gasteiger partial charge >= 0.3 is 0 Å². The fourth-order valence-corrected chi connectivity index (χ4v) is 2.14. The van der Waals surface area contributed by atoms with Gasteiger partial charge in [0.2, 0.25) is 0 Å². The molecule has 0 N–H and O–H groups in total. The second-order valence-corrected chi connectivity index (χ2v) is 4.73. The molecule has 0 saturated carbocycles. The molecule has 1 aromatic heterocycles. The molecule has 2 aromatic rings. The molecule has 2 rings (SSSR count). The second-order valence-electron chi connectivity index (χ2n) is 3.87. The largest absolute Gasteiger partial charge is 0.294 e. The van der Waals surface area contributed by atoms with Crippen molar-refractivity contribution in [3.05, 3.63) is 45.9 Å². The van der Waals surface area contributed by atoms with E-state index in [0.717, 1.165) is 0 Å². The Morgan fingerprint density at radius 3 is 2.67 bits per heavy atom. The van der Waals surface area contributed by atoms with E-state index in [4.69, 9.17) is 0 Å². The first-order chi connectivity index (χ1) is 8.49. The number of Topliss-reactive ketones (excluding diaryl/α,β-unsaturated/α-hetero) is 1. The fourth-order valence-electron chi connectivity index (χ4n) is 1.61. The average molecular weight is 309 g/mol. The molecular weight excluding hydrogens is 299 g/mol. The minimum absolute atomic E-state index is 0.0720. The zero-order valence-electron chi connectivity index (χ0n) is 9.87. The first kappa shape index (κ1) is 12.8. The Labute approximate surface area is 112 Å². The third-order valence-electron chi connectivity index (χ3n) is 2.53. The van der Waals surface area contributed by atoms with Crippen LogP contribution in [0.15, 0.2) is 28.9 Å². The van der Waals surface area contributed by atoms with Crippen LogP contribution in [0, 0.1) is 12.7 Å². The molecular formula is C13H10BrFN2O. The van der Waals surface area contributed by atoms with Crippen LogP contribution in [-0.4, -0.2) is 15.8 Å². The molecule has 92 valence electrons. The first-order valence-electron chi connectivity index (χ1n) is 5.29. The molecule has 0 atom stereocenters. The van der Waals surface area contributed by atoms with Crippen molar-refractivity contribution < 1.29 is 9.18 Å². The van der Waals surface area contributed by atoms with Gasteiger partial charge in [0.25, 0.3) is 0 Å². The lowest BCUT2D eigenvalue weighted by Gasteiger charge is -2.06. The molecule has 1 aromatic carbocycles. The molecule has 0 unspecified atom stereocenters. The third kappa shape index (κ3) is 2.46. The van der Waals surface area contributed by atoms with Gasteiger partial charge < -0.3 is 0 Å². The molecule has 3 nitrogen and oxygen atoms in total. The predicted molar refractivity (Wildman–Crippen MR) is 69.9 cm³/mol. The average Bonchev–Trinajstić information content (AvgIpc) is 2.28. The van der Waals surface area contributed by atoms with Gasteiger partial charge in [-0.3, -0.25) is 4.79 Å². The Morgan fingerprint density at radius 2 is 2.11 bits per heavy atom. The molecule has 5 heteroatoms. The maximum Gasteiger partial charge on any atom is 0.163 e. The van der Waals surface area contributed by atoms with Crippen molar-refractivity contribution in [2.45, 2.75) is 13.8 Å². The number of carbonyl (C=O) groups is 1. The zero-order valence-corrected chi connectivity index (χ0v) is 11.5. The number of benzene rings is 1. The van der Waals surface area contributed by atoms with E-state index >= 15 is 0 Å². The Morgan fingerprint density at radius 1 is 1.39 bits per heavy atom. The number of aryl methyl sites for hydroxylation is 1. The smallest absolute Gasteiger partial charge is 0.163 e. The molecule has 0 aliphatic heterocycles. The van der Waals surface area contributed by atoms with Crippen molar-refractivity contribution in [3.8, 4) is 11.4 Å². The molecule has 0 aliphatic carbocycles. The molecule has 18 heavy (non-hydrogen) atoms. The second kappa shape index (κ2) is 4.94. The zero-order chi connectivity index (χ0) is 13.3. The summed E-state index contributed by atoms with van der Waals surface area (Å²) >= 11 is 3.27. The maximum atomic E-state index is 13.0. The fraction of sp³-hybridized carbons (Fsp3) is 0.154. The van der Waals surface area contributed by atoms with Crippen molar-refractivity contribution in [1.82, 2.24) is 9.97 Å². The standard InChI is InChI=1S/C13H10BrFN2O/c1-7-11(8(2)18)6-16-13(17-7)10-4-3-9(15)5-12(10)14/h3-6H,1-2H3. The van der Waals surface area contributed by atoms with Crippen LogP contribution in [0.1, 0.15) is 23.0 Å². The highest BCUT2D eigenvalue weighted by Crippen LogP contribution is 2.26. The van der Waals surface area contributed by atoms with Gasteiger partial charge in [-0.2, -0.15) is 0 Å². The molecule has 0 amide bonds.